The van der Waals surface area contributed by atoms with Crippen LogP contribution in [0.1, 0.15) is 5.56 Å². The molecule has 0 bridgehead atoms. The number of rotatable bonds is 1. The first kappa shape index (κ1) is 9.00. The summed E-state index contributed by atoms with van der Waals surface area (Å²) in [6.07, 6.45) is 0. The molecule has 0 aliphatic carbocycles. The number of nitrogens with zero attached hydrogens (tertiary/aromatic N) is 1. The molecule has 1 aromatic rings. The maximum absolute atomic E-state index is 5.62. The van der Waals surface area contributed by atoms with E-state index in [0.29, 0.717) is 0 Å². The van der Waals surface area contributed by atoms with Crippen LogP contribution in [-0.4, -0.2) is 24.0 Å². The van der Waals surface area contributed by atoms with Crippen molar-refractivity contribution in [1.29, 1.82) is 0 Å². The van der Waals surface area contributed by atoms with Crippen molar-refractivity contribution in [3.63, 3.8) is 0 Å². The van der Waals surface area contributed by atoms with Gasteiger partial charge in [-0.2, -0.15) is 0 Å². The van der Waals surface area contributed by atoms with Gasteiger partial charge in [0.1, 0.15) is 4.99 Å². The molecule has 2 N–H and O–H groups in total. The Balaban J connectivity index is 2.96. The van der Waals surface area contributed by atoms with E-state index in [1.54, 1.807) is 0 Å². The van der Waals surface area contributed by atoms with Crippen LogP contribution in [0.15, 0.2) is 24.3 Å². The van der Waals surface area contributed by atoms with Crippen molar-refractivity contribution >= 4 is 22.9 Å². The predicted molar refractivity (Wildman–Crippen MR) is 56.2 cm³/mol. The average molecular weight is 180 g/mol. The molecule has 0 saturated carbocycles. The van der Waals surface area contributed by atoms with Gasteiger partial charge >= 0.3 is 0 Å². The van der Waals surface area contributed by atoms with E-state index in [1.807, 2.05) is 43.3 Å². The lowest BCUT2D eigenvalue weighted by molar-refractivity contribution is 0.637. The summed E-state index contributed by atoms with van der Waals surface area (Å²) in [5, 5.41) is 0. The van der Waals surface area contributed by atoms with Gasteiger partial charge in [0.2, 0.25) is 0 Å². The molecule has 0 unspecified atom stereocenters. The van der Waals surface area contributed by atoms with Gasteiger partial charge in [-0.05, 0) is 12.1 Å². The molecule has 0 radical (unpaired) electrons. The molecule has 0 aromatic heterocycles. The molecule has 0 saturated heterocycles. The van der Waals surface area contributed by atoms with Gasteiger partial charge in [-0.1, -0.05) is 24.4 Å². The van der Waals surface area contributed by atoms with Gasteiger partial charge in [0.25, 0.3) is 0 Å². The number of thiocarbonyl (C=S) groups is 1. The van der Waals surface area contributed by atoms with Crippen molar-refractivity contribution in [3.8, 4) is 0 Å². The highest BCUT2D eigenvalue weighted by Gasteiger charge is 2.01. The zero-order valence-electron chi connectivity index (χ0n) is 7.24. The predicted octanol–water partition coefficient (Wildman–Crippen LogP) is 1.51. The molecule has 0 aliphatic rings. The lowest BCUT2D eigenvalue weighted by atomic mass is 10.2. The van der Waals surface area contributed by atoms with Crippen molar-refractivity contribution in [2.24, 2.45) is 0 Å². The lowest BCUT2D eigenvalue weighted by Gasteiger charge is -2.13. The third-order valence-corrected chi connectivity index (χ3v) is 2.14. The molecule has 1 rings (SSSR count). The molecule has 0 fully saturated rings. The number of anilines is 1. The highest BCUT2D eigenvalue weighted by atomic mass is 32.1. The fourth-order valence-electron chi connectivity index (χ4n) is 0.930. The maximum Gasteiger partial charge on any atom is 0.108 e. The molecule has 0 atom stereocenters. The zero-order valence-corrected chi connectivity index (χ0v) is 8.06. The van der Waals surface area contributed by atoms with Crippen molar-refractivity contribution < 1.29 is 0 Å². The standard InChI is InChI=1S/C9H12N2S/c1-11(2)9(12)7-4-3-5-8(10)6-7/h3-6H,10H2,1-2H3. The van der Waals surface area contributed by atoms with Crippen LogP contribution >= 0.6 is 12.2 Å². The Kier molecular flexibility index (Phi) is 2.65. The van der Waals surface area contributed by atoms with E-state index in [-0.39, 0.29) is 0 Å². The molecule has 3 heteroatoms. The first-order valence-corrected chi connectivity index (χ1v) is 4.09. The molecule has 12 heavy (non-hydrogen) atoms. The Morgan fingerprint density at radius 1 is 1.42 bits per heavy atom. The van der Waals surface area contributed by atoms with Crippen LogP contribution < -0.4 is 5.73 Å². The average Bonchev–Trinajstić information content (AvgIpc) is 2.03. The van der Waals surface area contributed by atoms with Crippen LogP contribution in [0.2, 0.25) is 0 Å². The first-order valence-electron chi connectivity index (χ1n) is 3.68. The van der Waals surface area contributed by atoms with E-state index in [9.17, 15) is 0 Å². The third kappa shape index (κ3) is 1.95. The monoisotopic (exact) mass is 180 g/mol. The Morgan fingerprint density at radius 2 is 2.08 bits per heavy atom. The van der Waals surface area contributed by atoms with Crippen molar-refractivity contribution in [3.05, 3.63) is 29.8 Å². The largest absolute Gasteiger partial charge is 0.399 e. The number of hydrogen-bond donors (Lipinski definition) is 1. The zero-order chi connectivity index (χ0) is 9.14. The Labute approximate surface area is 78.0 Å². The van der Waals surface area contributed by atoms with Crippen LogP contribution in [0.25, 0.3) is 0 Å². The van der Waals surface area contributed by atoms with E-state index < -0.39 is 0 Å². The number of benzene rings is 1. The molecular weight excluding hydrogens is 168 g/mol. The molecule has 0 heterocycles. The molecule has 0 aliphatic heterocycles. The number of nitrogens with two attached hydrogens (primary N) is 1. The fourth-order valence-corrected chi connectivity index (χ4v) is 1.06. The van der Waals surface area contributed by atoms with E-state index in [1.165, 1.54) is 0 Å². The molecule has 64 valence electrons. The van der Waals surface area contributed by atoms with E-state index >= 15 is 0 Å². The second-order valence-corrected chi connectivity index (χ2v) is 3.21. The third-order valence-electron chi connectivity index (χ3n) is 1.54. The molecule has 0 spiro atoms. The highest BCUT2D eigenvalue weighted by molar-refractivity contribution is 7.80. The van der Waals surface area contributed by atoms with Crippen LogP contribution in [0, 0.1) is 0 Å². The minimum atomic E-state index is 0.747. The fraction of sp³-hybridized carbons (Fsp3) is 0.222. The number of nitrogen functional groups attached to an aromatic ring is 1. The van der Waals surface area contributed by atoms with Crippen molar-refractivity contribution in [1.82, 2.24) is 4.90 Å². The Hall–Kier alpha value is -1.09. The van der Waals surface area contributed by atoms with Gasteiger partial charge in [0.15, 0.2) is 0 Å². The van der Waals surface area contributed by atoms with Gasteiger partial charge in [-0.25, -0.2) is 0 Å². The van der Waals surface area contributed by atoms with Gasteiger partial charge < -0.3 is 10.6 Å². The summed E-state index contributed by atoms with van der Waals surface area (Å²) in [6, 6.07) is 7.59. The number of hydrogen-bond acceptors (Lipinski definition) is 2. The van der Waals surface area contributed by atoms with Crippen molar-refractivity contribution in [2.75, 3.05) is 19.8 Å². The smallest absolute Gasteiger partial charge is 0.108 e. The van der Waals surface area contributed by atoms with Gasteiger partial charge in [0.05, 0.1) is 0 Å². The normalized spacial score (nSPS) is 9.50. The Morgan fingerprint density at radius 3 is 2.58 bits per heavy atom. The molecule has 2 nitrogen and oxygen atoms in total. The van der Waals surface area contributed by atoms with Crippen LogP contribution in [0.5, 0.6) is 0 Å². The van der Waals surface area contributed by atoms with Gasteiger partial charge in [-0.15, -0.1) is 0 Å². The summed E-state index contributed by atoms with van der Waals surface area (Å²) in [5.41, 5.74) is 7.36. The first-order chi connectivity index (χ1) is 5.61. The maximum atomic E-state index is 5.62. The van der Waals surface area contributed by atoms with Gasteiger partial charge in [-0.3, -0.25) is 0 Å². The Bertz CT molecular complexity index is 294. The summed E-state index contributed by atoms with van der Waals surface area (Å²) in [6.45, 7) is 0. The van der Waals surface area contributed by atoms with Gasteiger partial charge in [0, 0.05) is 25.3 Å². The molecule has 1 aromatic carbocycles. The molecule has 0 amide bonds. The summed E-state index contributed by atoms with van der Waals surface area (Å²) in [5.74, 6) is 0. The van der Waals surface area contributed by atoms with E-state index in [0.717, 1.165) is 16.2 Å². The summed E-state index contributed by atoms with van der Waals surface area (Å²) >= 11 is 5.17. The summed E-state index contributed by atoms with van der Waals surface area (Å²) in [7, 11) is 3.84. The van der Waals surface area contributed by atoms with Crippen LogP contribution in [0.4, 0.5) is 5.69 Å². The van der Waals surface area contributed by atoms with Crippen LogP contribution in [0.3, 0.4) is 0 Å². The quantitative estimate of drug-likeness (QED) is 0.524. The topological polar surface area (TPSA) is 29.3 Å². The van der Waals surface area contributed by atoms with E-state index in [2.05, 4.69) is 0 Å². The summed E-state index contributed by atoms with van der Waals surface area (Å²) in [4.78, 5) is 2.70. The highest BCUT2D eigenvalue weighted by Crippen LogP contribution is 2.08. The minimum Gasteiger partial charge on any atom is -0.399 e. The van der Waals surface area contributed by atoms with Crippen molar-refractivity contribution in [2.45, 2.75) is 0 Å². The van der Waals surface area contributed by atoms with Crippen LogP contribution in [-0.2, 0) is 0 Å². The van der Waals surface area contributed by atoms with E-state index in [4.69, 9.17) is 18.0 Å². The SMILES string of the molecule is CN(C)C(=S)c1cccc(N)c1. The minimum absolute atomic E-state index is 0.747. The second-order valence-electron chi connectivity index (χ2n) is 2.83. The lowest BCUT2D eigenvalue weighted by Crippen LogP contribution is -2.20. The second kappa shape index (κ2) is 3.54. The summed E-state index contributed by atoms with van der Waals surface area (Å²) < 4.78 is 0. The molecular formula is C9H12N2S.